The van der Waals surface area contributed by atoms with Gasteiger partial charge in [0, 0.05) is 21.7 Å². The van der Waals surface area contributed by atoms with E-state index < -0.39 is 0 Å². The van der Waals surface area contributed by atoms with Crippen LogP contribution in [0.5, 0.6) is 0 Å². The lowest BCUT2D eigenvalue weighted by Crippen LogP contribution is -2.40. The lowest BCUT2D eigenvalue weighted by molar-refractivity contribution is -0.130. The second-order valence-electron chi connectivity index (χ2n) is 6.54. The maximum absolute atomic E-state index is 13.2. The first-order valence-corrected chi connectivity index (χ1v) is 11.8. The van der Waals surface area contributed by atoms with Crippen LogP contribution < -0.4 is 0 Å². The van der Waals surface area contributed by atoms with Gasteiger partial charge < -0.3 is 4.90 Å². The predicted molar refractivity (Wildman–Crippen MR) is 116 cm³/mol. The smallest absolute Gasteiger partial charge is 0.233 e. The van der Waals surface area contributed by atoms with Crippen molar-refractivity contribution in [3.8, 4) is 0 Å². The van der Waals surface area contributed by atoms with E-state index in [2.05, 4.69) is 38.9 Å². The van der Waals surface area contributed by atoms with Gasteiger partial charge in [0.05, 0.1) is 17.3 Å². The molecule has 4 aromatic rings. The molecule has 1 atom stereocenters. The van der Waals surface area contributed by atoms with Crippen molar-refractivity contribution < 1.29 is 4.79 Å². The summed E-state index contributed by atoms with van der Waals surface area (Å²) in [4.78, 5) is 26.6. The number of rotatable bonds is 4. The van der Waals surface area contributed by atoms with Crippen molar-refractivity contribution in [3.63, 3.8) is 0 Å². The number of para-hydroxylation sites is 1. The molecule has 4 nitrogen and oxygen atoms in total. The molecule has 0 fully saturated rings. The topological polar surface area (TPSA) is 46.1 Å². The number of hydrogen-bond donors (Lipinski definition) is 0. The zero-order valence-corrected chi connectivity index (χ0v) is 17.4. The highest BCUT2D eigenvalue weighted by Crippen LogP contribution is 2.40. The molecule has 0 saturated carbocycles. The Kier molecular flexibility index (Phi) is 4.88. The minimum absolute atomic E-state index is 0.0326. The molecule has 1 aliphatic rings. The Labute approximate surface area is 175 Å². The van der Waals surface area contributed by atoms with Gasteiger partial charge in [-0.15, -0.1) is 22.7 Å². The third kappa shape index (κ3) is 3.23. The molecule has 4 heterocycles. The van der Waals surface area contributed by atoms with Gasteiger partial charge >= 0.3 is 0 Å². The van der Waals surface area contributed by atoms with E-state index in [1.165, 1.54) is 27.1 Å². The molecule has 0 spiro atoms. The van der Waals surface area contributed by atoms with Gasteiger partial charge in [-0.25, -0.2) is 9.97 Å². The Morgan fingerprint density at radius 1 is 1.11 bits per heavy atom. The molecule has 0 saturated heterocycles. The van der Waals surface area contributed by atoms with Crippen LogP contribution in [0.15, 0.2) is 64.6 Å². The third-order valence-electron chi connectivity index (χ3n) is 4.94. The molecule has 1 aromatic carbocycles. The molecule has 7 heteroatoms. The Morgan fingerprint density at radius 3 is 2.93 bits per heavy atom. The van der Waals surface area contributed by atoms with Crippen molar-refractivity contribution in [2.45, 2.75) is 17.5 Å². The van der Waals surface area contributed by atoms with Crippen molar-refractivity contribution >= 4 is 51.2 Å². The molecule has 0 aliphatic carbocycles. The lowest BCUT2D eigenvalue weighted by Gasteiger charge is -2.35. The zero-order valence-electron chi connectivity index (χ0n) is 14.9. The molecule has 3 aromatic heterocycles. The predicted octanol–water partition coefficient (Wildman–Crippen LogP) is 5.02. The Bertz CT molecular complexity index is 1120. The van der Waals surface area contributed by atoms with E-state index in [0.29, 0.717) is 5.75 Å². The summed E-state index contributed by atoms with van der Waals surface area (Å²) in [5.74, 6) is 0.533. The summed E-state index contributed by atoms with van der Waals surface area (Å²) in [6.07, 6.45) is 2.50. The van der Waals surface area contributed by atoms with Crippen molar-refractivity contribution in [1.29, 1.82) is 0 Å². The molecule has 0 N–H and O–H groups in total. The number of nitrogens with zero attached hydrogens (tertiary/aromatic N) is 3. The number of hydrogen-bond acceptors (Lipinski definition) is 6. The van der Waals surface area contributed by atoms with E-state index in [0.717, 1.165) is 28.9 Å². The van der Waals surface area contributed by atoms with Crippen molar-refractivity contribution in [2.24, 2.45) is 0 Å². The summed E-state index contributed by atoms with van der Waals surface area (Å²) in [6.45, 7) is 0.764. The van der Waals surface area contributed by atoms with Crippen LogP contribution in [-0.2, 0) is 11.2 Å². The minimum atomic E-state index is 0.0326. The molecular formula is C21H17N3OS3. The Balaban J connectivity index is 1.40. The Morgan fingerprint density at radius 2 is 2.04 bits per heavy atom. The van der Waals surface area contributed by atoms with Gasteiger partial charge in [0.2, 0.25) is 5.91 Å². The van der Waals surface area contributed by atoms with Crippen LogP contribution >= 0.6 is 34.4 Å². The molecule has 5 rings (SSSR count). The number of thiophene rings is 2. The van der Waals surface area contributed by atoms with Crippen LogP contribution in [-0.4, -0.2) is 33.1 Å². The van der Waals surface area contributed by atoms with E-state index in [9.17, 15) is 4.79 Å². The number of carbonyl (C=O) groups excluding carboxylic acids is 1. The van der Waals surface area contributed by atoms with Crippen LogP contribution in [0.3, 0.4) is 0 Å². The minimum Gasteiger partial charge on any atom is -0.330 e. The van der Waals surface area contributed by atoms with Crippen molar-refractivity contribution in [1.82, 2.24) is 14.9 Å². The molecule has 140 valence electrons. The maximum Gasteiger partial charge on any atom is 0.233 e. The number of fused-ring (bicyclic) bond motifs is 2. The van der Waals surface area contributed by atoms with E-state index >= 15 is 0 Å². The van der Waals surface area contributed by atoms with Crippen LogP contribution in [0.4, 0.5) is 0 Å². The zero-order chi connectivity index (χ0) is 18.9. The second-order valence-corrected chi connectivity index (χ2v) is 9.48. The summed E-state index contributed by atoms with van der Waals surface area (Å²) in [7, 11) is 0. The van der Waals surface area contributed by atoms with Crippen molar-refractivity contribution in [3.05, 3.63) is 74.9 Å². The van der Waals surface area contributed by atoms with Crippen LogP contribution in [0, 0.1) is 0 Å². The van der Waals surface area contributed by atoms with Gasteiger partial charge in [-0.3, -0.25) is 4.79 Å². The number of aromatic nitrogens is 2. The number of benzene rings is 1. The highest BCUT2D eigenvalue weighted by atomic mass is 32.2. The molecule has 1 aliphatic heterocycles. The molecule has 1 amide bonds. The highest BCUT2D eigenvalue weighted by Gasteiger charge is 2.33. The lowest BCUT2D eigenvalue weighted by atomic mass is 9.98. The fourth-order valence-corrected chi connectivity index (χ4v) is 6.28. The number of amides is 1. The van der Waals surface area contributed by atoms with Crippen LogP contribution in [0.25, 0.3) is 10.9 Å². The Hall–Kier alpha value is -2.22. The summed E-state index contributed by atoms with van der Waals surface area (Å²) in [5.41, 5.74) is 2.19. The molecule has 28 heavy (non-hydrogen) atoms. The van der Waals surface area contributed by atoms with Crippen LogP contribution in [0.1, 0.15) is 21.4 Å². The van der Waals surface area contributed by atoms with E-state index in [-0.39, 0.29) is 11.9 Å². The first kappa shape index (κ1) is 17.8. The average molecular weight is 424 g/mol. The number of carbonyl (C=O) groups is 1. The SMILES string of the molecule is O=C(CSc1ncnc2ccccc12)N1CCc2sccc2[C@@H]1c1cccs1. The van der Waals surface area contributed by atoms with Gasteiger partial charge in [-0.2, -0.15) is 0 Å². The second kappa shape index (κ2) is 7.66. The van der Waals surface area contributed by atoms with Gasteiger partial charge in [0.1, 0.15) is 11.4 Å². The fraction of sp³-hybridized carbons (Fsp3) is 0.190. The monoisotopic (exact) mass is 423 g/mol. The van der Waals surface area contributed by atoms with Gasteiger partial charge in [-0.05, 0) is 40.9 Å². The standard InChI is InChI=1S/C21H17N3OS3/c25-19(12-28-21-14-4-1-2-5-16(14)22-13-23-21)24-9-7-17-15(8-11-27-17)20(24)18-6-3-10-26-18/h1-6,8,10-11,13,20H,7,9,12H2/t20-/m1/s1. The summed E-state index contributed by atoms with van der Waals surface area (Å²) >= 11 is 5.01. The van der Waals surface area contributed by atoms with Crippen LogP contribution in [0.2, 0.25) is 0 Å². The van der Waals surface area contributed by atoms with Gasteiger partial charge in [0.15, 0.2) is 0 Å². The van der Waals surface area contributed by atoms with Gasteiger partial charge in [-0.1, -0.05) is 36.0 Å². The first-order chi connectivity index (χ1) is 13.8. The largest absolute Gasteiger partial charge is 0.330 e. The van der Waals surface area contributed by atoms with Gasteiger partial charge in [0.25, 0.3) is 0 Å². The fourth-order valence-electron chi connectivity index (χ4n) is 3.65. The molecule has 0 unspecified atom stereocenters. The molecular weight excluding hydrogens is 406 g/mol. The van der Waals surface area contributed by atoms with E-state index in [1.54, 1.807) is 29.0 Å². The summed E-state index contributed by atoms with van der Waals surface area (Å²) in [6, 6.07) is 14.3. The number of thioether (sulfide) groups is 1. The highest BCUT2D eigenvalue weighted by molar-refractivity contribution is 8.00. The van der Waals surface area contributed by atoms with Crippen molar-refractivity contribution in [2.75, 3.05) is 12.3 Å². The van der Waals surface area contributed by atoms with E-state index in [4.69, 9.17) is 0 Å². The quantitative estimate of drug-likeness (QED) is 0.342. The van der Waals surface area contributed by atoms with E-state index in [1.807, 2.05) is 29.2 Å². The maximum atomic E-state index is 13.2. The summed E-state index contributed by atoms with van der Waals surface area (Å²) in [5, 5.41) is 6.08. The molecule has 0 bridgehead atoms. The third-order valence-corrected chi connectivity index (χ3v) is 7.85. The molecule has 0 radical (unpaired) electrons. The first-order valence-electron chi connectivity index (χ1n) is 9.03. The average Bonchev–Trinajstić information content (AvgIpc) is 3.43. The normalized spacial score (nSPS) is 16.3. The summed E-state index contributed by atoms with van der Waals surface area (Å²) < 4.78 is 0.